The number of aromatic nitrogens is 4. The molecule has 0 radical (unpaired) electrons. The lowest BCUT2D eigenvalue weighted by Crippen LogP contribution is -2.49. The van der Waals surface area contributed by atoms with Gasteiger partial charge in [-0.2, -0.15) is 4.52 Å². The maximum Gasteiger partial charge on any atom is 0.227 e. The van der Waals surface area contributed by atoms with Crippen molar-refractivity contribution in [2.24, 2.45) is 0 Å². The van der Waals surface area contributed by atoms with Crippen LogP contribution in [0.4, 0.5) is 10.2 Å². The molecule has 7 nitrogen and oxygen atoms in total. The molecular weight excluding hydrogens is 395 g/mol. The molecule has 9 heteroatoms. The highest BCUT2D eigenvalue weighted by molar-refractivity contribution is 6.30. The van der Waals surface area contributed by atoms with Gasteiger partial charge in [0.25, 0.3) is 0 Å². The summed E-state index contributed by atoms with van der Waals surface area (Å²) in [7, 11) is 0. The molecule has 5 rings (SSSR count). The molecule has 1 aliphatic heterocycles. The van der Waals surface area contributed by atoms with Crippen molar-refractivity contribution in [1.82, 2.24) is 24.7 Å². The minimum atomic E-state index is -0.473. The van der Waals surface area contributed by atoms with Crippen molar-refractivity contribution in [2.75, 3.05) is 31.1 Å². The van der Waals surface area contributed by atoms with Gasteiger partial charge in [-0.3, -0.25) is 4.79 Å². The SMILES string of the molecule is O=C(Cc1ccc(F)c(Cl)c1)N1CCN(c2ccc3nnc(C4CC4)n3n2)CC1. The van der Waals surface area contributed by atoms with Crippen molar-refractivity contribution in [3.8, 4) is 0 Å². The number of amides is 1. The standard InChI is InChI=1S/C20H20ClFN6O/c21-15-11-13(1-4-16(15)22)12-19(29)27-9-7-26(8-10-27)18-6-5-17-23-24-20(14-2-3-14)28(17)25-18/h1,4-6,11,14H,2-3,7-10,12H2. The van der Waals surface area contributed by atoms with E-state index < -0.39 is 5.82 Å². The van der Waals surface area contributed by atoms with Gasteiger partial charge in [0.1, 0.15) is 11.6 Å². The Morgan fingerprint density at radius 2 is 1.90 bits per heavy atom. The number of rotatable bonds is 4. The van der Waals surface area contributed by atoms with Gasteiger partial charge in [0, 0.05) is 32.1 Å². The second-order valence-corrected chi connectivity index (χ2v) is 7.99. The van der Waals surface area contributed by atoms with E-state index in [-0.39, 0.29) is 17.4 Å². The molecule has 0 N–H and O–H groups in total. The number of halogens is 2. The summed E-state index contributed by atoms with van der Waals surface area (Å²) >= 11 is 5.81. The number of benzene rings is 1. The lowest BCUT2D eigenvalue weighted by atomic mass is 10.1. The topological polar surface area (TPSA) is 66.6 Å². The molecule has 1 aliphatic carbocycles. The number of nitrogens with zero attached hydrogens (tertiary/aromatic N) is 6. The second-order valence-electron chi connectivity index (χ2n) is 7.59. The smallest absolute Gasteiger partial charge is 0.227 e. The van der Waals surface area contributed by atoms with Gasteiger partial charge < -0.3 is 9.80 Å². The van der Waals surface area contributed by atoms with Gasteiger partial charge in [0.05, 0.1) is 11.4 Å². The zero-order valence-electron chi connectivity index (χ0n) is 15.8. The number of carbonyl (C=O) groups is 1. The van der Waals surface area contributed by atoms with E-state index in [1.807, 2.05) is 21.5 Å². The second kappa shape index (κ2) is 7.26. The summed E-state index contributed by atoms with van der Waals surface area (Å²) in [5.74, 6) is 1.83. The Morgan fingerprint density at radius 1 is 1.10 bits per heavy atom. The van der Waals surface area contributed by atoms with E-state index in [4.69, 9.17) is 16.7 Å². The summed E-state index contributed by atoms with van der Waals surface area (Å²) in [6.07, 6.45) is 2.51. The van der Waals surface area contributed by atoms with Crippen molar-refractivity contribution in [1.29, 1.82) is 0 Å². The van der Waals surface area contributed by atoms with Crippen molar-refractivity contribution in [2.45, 2.75) is 25.2 Å². The lowest BCUT2D eigenvalue weighted by Gasteiger charge is -2.35. The Bertz CT molecular complexity index is 1070. The van der Waals surface area contributed by atoms with Crippen LogP contribution in [0.3, 0.4) is 0 Å². The number of anilines is 1. The Morgan fingerprint density at radius 3 is 2.62 bits per heavy atom. The number of hydrogen-bond acceptors (Lipinski definition) is 5. The van der Waals surface area contributed by atoms with Crippen LogP contribution in [0.5, 0.6) is 0 Å². The molecule has 0 spiro atoms. The van der Waals surface area contributed by atoms with Crippen molar-refractivity contribution >= 4 is 29.0 Å². The molecule has 0 bridgehead atoms. The predicted molar refractivity (Wildman–Crippen MR) is 107 cm³/mol. The van der Waals surface area contributed by atoms with Crippen LogP contribution in [0.15, 0.2) is 30.3 Å². The molecular formula is C20H20ClFN6O. The first-order chi connectivity index (χ1) is 14.1. The molecule has 2 aromatic heterocycles. The molecule has 1 amide bonds. The van der Waals surface area contributed by atoms with Crippen LogP contribution in [-0.4, -0.2) is 56.8 Å². The number of carbonyl (C=O) groups excluding carboxylic acids is 1. The highest BCUT2D eigenvalue weighted by Crippen LogP contribution is 2.38. The molecule has 0 unspecified atom stereocenters. The Balaban J connectivity index is 1.24. The fourth-order valence-electron chi connectivity index (χ4n) is 3.68. The van der Waals surface area contributed by atoms with Crippen molar-refractivity contribution in [3.63, 3.8) is 0 Å². The summed E-state index contributed by atoms with van der Waals surface area (Å²) in [6.45, 7) is 2.64. The minimum absolute atomic E-state index is 0.0190. The number of piperazine rings is 1. The highest BCUT2D eigenvalue weighted by Gasteiger charge is 2.30. The molecule has 3 aromatic rings. The van der Waals surface area contributed by atoms with E-state index in [0.717, 1.165) is 35.7 Å². The molecule has 3 heterocycles. The largest absolute Gasteiger partial charge is 0.352 e. The lowest BCUT2D eigenvalue weighted by molar-refractivity contribution is -0.130. The molecule has 1 saturated carbocycles. The fraction of sp³-hybridized carbons (Fsp3) is 0.400. The Kier molecular flexibility index (Phi) is 4.58. The molecule has 1 saturated heterocycles. The summed E-state index contributed by atoms with van der Waals surface area (Å²) in [6, 6.07) is 8.31. The summed E-state index contributed by atoms with van der Waals surface area (Å²) in [5.41, 5.74) is 1.48. The third-order valence-corrected chi connectivity index (χ3v) is 5.80. The maximum absolute atomic E-state index is 13.3. The first-order valence-corrected chi connectivity index (χ1v) is 10.2. The van der Waals surface area contributed by atoms with Gasteiger partial charge in [0.15, 0.2) is 11.5 Å². The first kappa shape index (κ1) is 18.3. The van der Waals surface area contributed by atoms with Crippen LogP contribution in [0.2, 0.25) is 5.02 Å². The van der Waals surface area contributed by atoms with Crippen LogP contribution in [0.25, 0.3) is 5.65 Å². The molecule has 150 valence electrons. The minimum Gasteiger partial charge on any atom is -0.352 e. The van der Waals surface area contributed by atoms with E-state index >= 15 is 0 Å². The fourth-order valence-corrected chi connectivity index (χ4v) is 3.88. The zero-order valence-corrected chi connectivity index (χ0v) is 16.5. The van der Waals surface area contributed by atoms with Gasteiger partial charge in [-0.05, 0) is 42.7 Å². The average Bonchev–Trinajstić information content (AvgIpc) is 3.49. The van der Waals surface area contributed by atoms with E-state index in [0.29, 0.717) is 32.1 Å². The van der Waals surface area contributed by atoms with E-state index in [1.54, 1.807) is 6.07 Å². The number of fused-ring (bicyclic) bond motifs is 1. The van der Waals surface area contributed by atoms with Crippen LogP contribution >= 0.6 is 11.6 Å². The normalized spacial score (nSPS) is 17.2. The van der Waals surface area contributed by atoms with E-state index in [1.165, 1.54) is 12.1 Å². The maximum atomic E-state index is 13.3. The van der Waals surface area contributed by atoms with Gasteiger partial charge in [-0.1, -0.05) is 17.7 Å². The van der Waals surface area contributed by atoms with E-state index in [2.05, 4.69) is 15.1 Å². The molecule has 2 fully saturated rings. The Hall–Kier alpha value is -2.74. The molecule has 0 atom stereocenters. The van der Waals surface area contributed by atoms with Gasteiger partial charge >= 0.3 is 0 Å². The highest BCUT2D eigenvalue weighted by atomic mass is 35.5. The van der Waals surface area contributed by atoms with Crippen molar-refractivity contribution < 1.29 is 9.18 Å². The monoisotopic (exact) mass is 414 g/mol. The van der Waals surface area contributed by atoms with Crippen LogP contribution in [-0.2, 0) is 11.2 Å². The van der Waals surface area contributed by atoms with Crippen LogP contribution in [0.1, 0.15) is 30.1 Å². The first-order valence-electron chi connectivity index (χ1n) is 9.77. The van der Waals surface area contributed by atoms with Crippen LogP contribution < -0.4 is 4.90 Å². The van der Waals surface area contributed by atoms with Crippen molar-refractivity contribution in [3.05, 3.63) is 52.6 Å². The Labute approximate surface area is 172 Å². The van der Waals surface area contributed by atoms with Gasteiger partial charge in [0.2, 0.25) is 5.91 Å². The summed E-state index contributed by atoms with van der Waals surface area (Å²) < 4.78 is 15.1. The van der Waals surface area contributed by atoms with Crippen LogP contribution in [0, 0.1) is 5.82 Å². The number of hydrogen-bond donors (Lipinski definition) is 0. The summed E-state index contributed by atoms with van der Waals surface area (Å²) in [5, 5.41) is 13.3. The predicted octanol–water partition coefficient (Wildman–Crippen LogP) is 2.69. The van der Waals surface area contributed by atoms with E-state index in [9.17, 15) is 9.18 Å². The van der Waals surface area contributed by atoms with Gasteiger partial charge in [-0.25, -0.2) is 4.39 Å². The third kappa shape index (κ3) is 3.64. The van der Waals surface area contributed by atoms with Gasteiger partial charge in [-0.15, -0.1) is 15.3 Å². The summed E-state index contributed by atoms with van der Waals surface area (Å²) in [4.78, 5) is 16.6. The third-order valence-electron chi connectivity index (χ3n) is 5.51. The molecule has 1 aromatic carbocycles. The quantitative estimate of drug-likeness (QED) is 0.656. The molecule has 2 aliphatic rings. The zero-order chi connectivity index (χ0) is 20.0. The average molecular weight is 415 g/mol. The molecule has 29 heavy (non-hydrogen) atoms.